The number of hydrogen-bond acceptors (Lipinski definition) is 6. The zero-order chi connectivity index (χ0) is 11.6. The minimum Gasteiger partial charge on any atom is -0.396 e. The SMILES string of the molecule is O=S1(=O)CCC(Cc2nc(CCO)no2)C1. The molecule has 0 radical (unpaired) electrons. The van der Waals surface area contributed by atoms with Gasteiger partial charge in [-0.05, 0) is 12.3 Å². The predicted octanol–water partition coefficient (Wildman–Crippen LogP) is -0.418. The molecule has 0 aromatic carbocycles. The van der Waals surface area contributed by atoms with Gasteiger partial charge in [0.2, 0.25) is 5.89 Å². The van der Waals surface area contributed by atoms with E-state index in [1.165, 1.54) is 0 Å². The first kappa shape index (κ1) is 11.5. The number of nitrogens with zero attached hydrogens (tertiary/aromatic N) is 2. The van der Waals surface area contributed by atoms with Gasteiger partial charge in [0.25, 0.3) is 0 Å². The normalized spacial score (nSPS) is 23.7. The van der Waals surface area contributed by atoms with Crippen LogP contribution in [0.5, 0.6) is 0 Å². The number of aliphatic hydroxyl groups excluding tert-OH is 1. The lowest BCUT2D eigenvalue weighted by Crippen LogP contribution is -2.07. The molecule has 2 heterocycles. The second-order valence-corrected chi connectivity index (χ2v) is 6.28. The Morgan fingerprint density at radius 2 is 2.31 bits per heavy atom. The monoisotopic (exact) mass is 246 g/mol. The third kappa shape index (κ3) is 2.79. The van der Waals surface area contributed by atoms with E-state index in [2.05, 4.69) is 10.1 Å². The van der Waals surface area contributed by atoms with Crippen LogP contribution in [0.1, 0.15) is 18.1 Å². The lowest BCUT2D eigenvalue weighted by atomic mass is 10.1. The largest absolute Gasteiger partial charge is 0.396 e. The van der Waals surface area contributed by atoms with Crippen molar-refractivity contribution in [3.63, 3.8) is 0 Å². The predicted molar refractivity (Wildman–Crippen MR) is 55.6 cm³/mol. The first-order valence-corrected chi connectivity index (χ1v) is 7.04. The lowest BCUT2D eigenvalue weighted by Gasteiger charge is -2.01. The van der Waals surface area contributed by atoms with Crippen LogP contribution in [0.15, 0.2) is 4.52 Å². The topological polar surface area (TPSA) is 93.3 Å². The number of rotatable bonds is 4. The molecule has 16 heavy (non-hydrogen) atoms. The first-order valence-electron chi connectivity index (χ1n) is 5.22. The molecule has 1 unspecified atom stereocenters. The molecule has 1 aromatic heterocycles. The maximum atomic E-state index is 11.2. The second kappa shape index (κ2) is 4.50. The van der Waals surface area contributed by atoms with Gasteiger partial charge in [0.15, 0.2) is 15.7 Å². The Bertz CT molecular complexity index is 454. The molecule has 0 saturated carbocycles. The molecule has 1 aliphatic heterocycles. The minimum absolute atomic E-state index is 0.0171. The van der Waals surface area contributed by atoms with Gasteiger partial charge in [0.1, 0.15) is 0 Å². The zero-order valence-corrected chi connectivity index (χ0v) is 9.61. The molecule has 0 amide bonds. The van der Waals surface area contributed by atoms with E-state index < -0.39 is 9.84 Å². The van der Waals surface area contributed by atoms with Crippen LogP contribution in [-0.4, -0.2) is 41.8 Å². The third-order valence-corrected chi connectivity index (χ3v) is 4.47. The summed E-state index contributed by atoms with van der Waals surface area (Å²) in [5, 5.41) is 12.4. The molecular formula is C9H14N2O4S. The number of aliphatic hydroxyl groups is 1. The fourth-order valence-corrected chi connectivity index (χ4v) is 3.72. The molecule has 1 N–H and O–H groups in total. The Hall–Kier alpha value is -0.950. The molecule has 1 saturated heterocycles. The second-order valence-electron chi connectivity index (χ2n) is 4.05. The third-order valence-electron chi connectivity index (χ3n) is 2.64. The molecule has 1 fully saturated rings. The average Bonchev–Trinajstić information content (AvgIpc) is 2.75. The average molecular weight is 246 g/mol. The maximum absolute atomic E-state index is 11.2. The quantitative estimate of drug-likeness (QED) is 0.775. The summed E-state index contributed by atoms with van der Waals surface area (Å²) >= 11 is 0. The van der Waals surface area contributed by atoms with Crippen molar-refractivity contribution in [2.75, 3.05) is 18.1 Å². The van der Waals surface area contributed by atoms with E-state index in [1.807, 2.05) is 0 Å². The number of hydrogen-bond donors (Lipinski definition) is 1. The molecular weight excluding hydrogens is 232 g/mol. The standard InChI is InChI=1S/C9H14N2O4S/c12-3-1-8-10-9(15-11-8)5-7-2-4-16(13,14)6-7/h7,12H,1-6H2. The van der Waals surface area contributed by atoms with Crippen molar-refractivity contribution in [3.05, 3.63) is 11.7 Å². The molecule has 1 aliphatic rings. The summed E-state index contributed by atoms with van der Waals surface area (Å²) in [7, 11) is -2.85. The lowest BCUT2D eigenvalue weighted by molar-refractivity contribution is 0.292. The van der Waals surface area contributed by atoms with Crippen molar-refractivity contribution in [2.45, 2.75) is 19.3 Å². The van der Waals surface area contributed by atoms with E-state index >= 15 is 0 Å². The van der Waals surface area contributed by atoms with Crippen LogP contribution in [0.2, 0.25) is 0 Å². The van der Waals surface area contributed by atoms with E-state index in [-0.39, 0.29) is 24.0 Å². The van der Waals surface area contributed by atoms with Gasteiger partial charge in [-0.1, -0.05) is 5.16 Å². The van der Waals surface area contributed by atoms with Crippen LogP contribution in [0.25, 0.3) is 0 Å². The maximum Gasteiger partial charge on any atom is 0.226 e. The highest BCUT2D eigenvalue weighted by atomic mass is 32.2. The van der Waals surface area contributed by atoms with Gasteiger partial charge in [0, 0.05) is 12.8 Å². The highest BCUT2D eigenvalue weighted by Gasteiger charge is 2.29. The number of sulfone groups is 1. The minimum atomic E-state index is -2.85. The highest BCUT2D eigenvalue weighted by molar-refractivity contribution is 7.91. The molecule has 1 atom stereocenters. The first-order chi connectivity index (χ1) is 7.59. The van der Waals surface area contributed by atoms with Crippen molar-refractivity contribution in [1.82, 2.24) is 10.1 Å². The fourth-order valence-electron chi connectivity index (χ4n) is 1.85. The Morgan fingerprint density at radius 3 is 2.94 bits per heavy atom. The van der Waals surface area contributed by atoms with E-state index in [4.69, 9.17) is 9.63 Å². The van der Waals surface area contributed by atoms with Crippen LogP contribution in [0, 0.1) is 5.92 Å². The van der Waals surface area contributed by atoms with Gasteiger partial charge < -0.3 is 9.63 Å². The summed E-state index contributed by atoms with van der Waals surface area (Å²) in [5.74, 6) is 1.50. The molecule has 1 aromatic rings. The van der Waals surface area contributed by atoms with Crippen molar-refractivity contribution < 1.29 is 18.0 Å². The fraction of sp³-hybridized carbons (Fsp3) is 0.778. The Kier molecular flexibility index (Phi) is 3.25. The van der Waals surface area contributed by atoms with Crippen LogP contribution in [0.3, 0.4) is 0 Å². The molecule has 6 nitrogen and oxygen atoms in total. The summed E-state index contributed by atoms with van der Waals surface area (Å²) in [5.41, 5.74) is 0. The van der Waals surface area contributed by atoms with Crippen molar-refractivity contribution in [2.24, 2.45) is 5.92 Å². The van der Waals surface area contributed by atoms with Gasteiger partial charge in [-0.3, -0.25) is 0 Å². The summed E-state index contributed by atoms with van der Waals surface area (Å²) in [6.45, 7) is -0.0171. The van der Waals surface area contributed by atoms with Crippen LogP contribution in [0.4, 0.5) is 0 Å². The molecule has 2 rings (SSSR count). The van der Waals surface area contributed by atoms with Crippen molar-refractivity contribution >= 4 is 9.84 Å². The van der Waals surface area contributed by atoms with Gasteiger partial charge in [-0.25, -0.2) is 8.42 Å². The Balaban J connectivity index is 1.94. The summed E-state index contributed by atoms with van der Waals surface area (Å²) in [6.07, 6.45) is 1.55. The van der Waals surface area contributed by atoms with E-state index in [9.17, 15) is 8.42 Å². The highest BCUT2D eigenvalue weighted by Crippen LogP contribution is 2.21. The van der Waals surface area contributed by atoms with E-state index in [0.717, 1.165) is 0 Å². The van der Waals surface area contributed by atoms with Gasteiger partial charge >= 0.3 is 0 Å². The summed E-state index contributed by atoms with van der Waals surface area (Å²) in [4.78, 5) is 4.08. The van der Waals surface area contributed by atoms with E-state index in [0.29, 0.717) is 31.0 Å². The van der Waals surface area contributed by atoms with Crippen molar-refractivity contribution in [3.8, 4) is 0 Å². The van der Waals surface area contributed by atoms with Gasteiger partial charge in [-0.2, -0.15) is 4.98 Å². The molecule has 0 aliphatic carbocycles. The Morgan fingerprint density at radius 1 is 1.50 bits per heavy atom. The smallest absolute Gasteiger partial charge is 0.226 e. The number of aromatic nitrogens is 2. The summed E-state index contributed by atoms with van der Waals surface area (Å²) in [6, 6.07) is 0. The molecule has 90 valence electrons. The van der Waals surface area contributed by atoms with Crippen molar-refractivity contribution in [1.29, 1.82) is 0 Å². The zero-order valence-electron chi connectivity index (χ0n) is 8.79. The Labute approximate surface area is 93.6 Å². The molecule has 0 bridgehead atoms. The van der Waals surface area contributed by atoms with Crippen LogP contribution in [-0.2, 0) is 22.7 Å². The van der Waals surface area contributed by atoms with Gasteiger partial charge in [-0.15, -0.1) is 0 Å². The molecule has 7 heteroatoms. The van der Waals surface area contributed by atoms with E-state index in [1.54, 1.807) is 0 Å². The summed E-state index contributed by atoms with van der Waals surface area (Å²) < 4.78 is 27.5. The van der Waals surface area contributed by atoms with Crippen LogP contribution < -0.4 is 0 Å². The van der Waals surface area contributed by atoms with Crippen LogP contribution >= 0.6 is 0 Å². The van der Waals surface area contributed by atoms with Gasteiger partial charge in [0.05, 0.1) is 18.1 Å². The molecule has 0 spiro atoms.